The lowest BCUT2D eigenvalue weighted by Gasteiger charge is -2.28. The highest BCUT2D eigenvalue weighted by molar-refractivity contribution is 7.27. The molecule has 1 heterocycles. The van der Waals surface area contributed by atoms with Crippen LogP contribution in [0.2, 0.25) is 0 Å². The lowest BCUT2D eigenvalue weighted by atomic mass is 10.2. The fourth-order valence-corrected chi connectivity index (χ4v) is 2.60. The maximum atomic E-state index is 13.2. The molecule has 3 nitrogen and oxygen atoms in total. The Morgan fingerprint density at radius 3 is 2.23 bits per heavy atom. The monoisotopic (exact) mass is 441 g/mol. The Labute approximate surface area is 158 Å². The van der Waals surface area contributed by atoms with Crippen molar-refractivity contribution < 1.29 is 4.39 Å². The van der Waals surface area contributed by atoms with Gasteiger partial charge in [-0.05, 0) is 23.5 Å². The predicted molar refractivity (Wildman–Crippen MR) is 97.2 cm³/mol. The van der Waals surface area contributed by atoms with Crippen LogP contribution in [-0.4, -0.2) is 25.4 Å². The number of rotatable bonds is 1. The fraction of sp³-hybridized carbons (Fsp3) is 0.273. The molecule has 1 N–H and O–H groups in total. The lowest BCUT2D eigenvalue weighted by molar-refractivity contribution is 0.629. The minimum absolute atomic E-state index is 0.0486. The molecule has 0 bridgehead atoms. The summed E-state index contributed by atoms with van der Waals surface area (Å²) in [6.07, 6.45) is -1.12. The van der Waals surface area contributed by atoms with E-state index in [1.807, 2.05) is 0 Å². The van der Waals surface area contributed by atoms with Crippen molar-refractivity contribution in [3.63, 3.8) is 0 Å². The van der Waals surface area contributed by atoms with E-state index in [1.165, 1.54) is 18.2 Å². The van der Waals surface area contributed by atoms with Crippen molar-refractivity contribution in [2.75, 3.05) is 0 Å². The van der Waals surface area contributed by atoms with Gasteiger partial charge in [-0.25, -0.2) is 14.4 Å². The first-order chi connectivity index (χ1) is 9.98. The number of nitrogens with one attached hydrogen (secondary N) is 1. The molecule has 1 aliphatic heterocycles. The second-order valence-electron chi connectivity index (χ2n) is 4.23. The van der Waals surface area contributed by atoms with E-state index in [2.05, 4.69) is 24.5 Å². The van der Waals surface area contributed by atoms with Gasteiger partial charge >= 0.3 is 0 Å². The third-order valence-electron chi connectivity index (χ3n) is 2.57. The number of aliphatic imine (C=N–C) groups is 2. The zero-order valence-corrected chi connectivity index (χ0v) is 16.1. The van der Waals surface area contributed by atoms with Crippen molar-refractivity contribution in [1.82, 2.24) is 5.32 Å². The quantitative estimate of drug-likeness (QED) is 0.514. The van der Waals surface area contributed by atoms with Gasteiger partial charge in [0.1, 0.15) is 11.7 Å². The number of halogens is 7. The standard InChI is InChI=1S/C11H7Cl6FN3P/c12-10(13,14)8-19-7(20-9(21-8)11(15,16)17)5-2-1-4(18)3-6(5)22/h1-3,8H,22H2,(H,19,20,21). The second-order valence-corrected chi connectivity index (χ2v) is 9.50. The molecule has 0 saturated carbocycles. The van der Waals surface area contributed by atoms with Crippen LogP contribution < -0.4 is 10.6 Å². The van der Waals surface area contributed by atoms with Crippen LogP contribution in [0, 0.1) is 5.82 Å². The van der Waals surface area contributed by atoms with Crippen molar-refractivity contribution in [3.05, 3.63) is 29.6 Å². The van der Waals surface area contributed by atoms with E-state index < -0.39 is 19.6 Å². The molecular formula is C11H7Cl6FN3P. The van der Waals surface area contributed by atoms with Gasteiger partial charge in [0.25, 0.3) is 0 Å². The van der Waals surface area contributed by atoms with Crippen LogP contribution >= 0.6 is 78.8 Å². The Balaban J connectivity index is 2.49. The first kappa shape index (κ1) is 18.8. The molecule has 22 heavy (non-hydrogen) atoms. The molecule has 120 valence electrons. The molecule has 0 aromatic heterocycles. The molecular weight excluding hydrogens is 437 g/mol. The van der Waals surface area contributed by atoms with Gasteiger partial charge in [-0.3, -0.25) is 0 Å². The van der Waals surface area contributed by atoms with E-state index in [9.17, 15) is 4.39 Å². The van der Waals surface area contributed by atoms with Crippen LogP contribution in [0.5, 0.6) is 0 Å². The normalized spacial score (nSPS) is 19.4. The van der Waals surface area contributed by atoms with E-state index in [4.69, 9.17) is 69.6 Å². The number of hydrogen-bond acceptors (Lipinski definition) is 3. The van der Waals surface area contributed by atoms with E-state index in [-0.39, 0.29) is 11.7 Å². The zero-order valence-electron chi connectivity index (χ0n) is 10.4. The molecule has 0 fully saturated rings. The van der Waals surface area contributed by atoms with Crippen molar-refractivity contribution in [3.8, 4) is 0 Å². The molecule has 0 radical (unpaired) electrons. The molecule has 1 aromatic rings. The summed E-state index contributed by atoms with van der Waals surface area (Å²) in [5, 5.41) is 3.29. The van der Waals surface area contributed by atoms with Crippen molar-refractivity contribution in [1.29, 1.82) is 0 Å². The van der Waals surface area contributed by atoms with Gasteiger partial charge in [0.05, 0.1) is 0 Å². The van der Waals surface area contributed by atoms with E-state index >= 15 is 0 Å². The maximum absolute atomic E-state index is 13.2. The van der Waals surface area contributed by atoms with Gasteiger partial charge in [0, 0.05) is 5.56 Å². The topological polar surface area (TPSA) is 36.8 Å². The Bertz CT molecular complexity index is 652. The SMILES string of the molecule is Fc1ccc(C2=NC(C(Cl)(Cl)Cl)N=C(C(Cl)(Cl)Cl)N2)c(P)c1. The van der Waals surface area contributed by atoms with Gasteiger partial charge in [0.15, 0.2) is 12.0 Å². The van der Waals surface area contributed by atoms with Crippen LogP contribution in [-0.2, 0) is 0 Å². The fourth-order valence-electron chi connectivity index (χ4n) is 1.63. The van der Waals surface area contributed by atoms with Gasteiger partial charge in [-0.1, -0.05) is 69.6 Å². The molecule has 1 aromatic carbocycles. The van der Waals surface area contributed by atoms with Gasteiger partial charge in [0.2, 0.25) is 7.59 Å². The first-order valence-corrected chi connectivity index (χ1v) is 8.45. The number of hydrogen-bond donors (Lipinski definition) is 1. The number of benzene rings is 1. The molecule has 1 aliphatic rings. The third-order valence-corrected chi connectivity index (χ3v) is 4.17. The average molecular weight is 444 g/mol. The number of alkyl halides is 6. The minimum Gasteiger partial charge on any atom is -0.325 e. The van der Waals surface area contributed by atoms with Crippen LogP contribution in [0.4, 0.5) is 4.39 Å². The Morgan fingerprint density at radius 1 is 1.09 bits per heavy atom. The Hall–Kier alpha value is 0.460. The van der Waals surface area contributed by atoms with Gasteiger partial charge in [-0.15, -0.1) is 9.24 Å². The van der Waals surface area contributed by atoms with E-state index in [1.54, 1.807) is 0 Å². The summed E-state index contributed by atoms with van der Waals surface area (Å²) >= 11 is 35.0. The summed E-state index contributed by atoms with van der Waals surface area (Å²) in [6.45, 7) is 0. The Kier molecular flexibility index (Phi) is 5.77. The molecule has 0 spiro atoms. The molecule has 2 rings (SSSR count). The number of nitrogens with zero attached hydrogens (tertiary/aromatic N) is 2. The molecule has 0 saturated heterocycles. The van der Waals surface area contributed by atoms with Gasteiger partial charge < -0.3 is 5.32 Å². The van der Waals surface area contributed by atoms with Crippen LogP contribution in [0.25, 0.3) is 0 Å². The highest BCUT2D eigenvalue weighted by atomic mass is 35.6. The Morgan fingerprint density at radius 2 is 1.73 bits per heavy atom. The van der Waals surface area contributed by atoms with E-state index in [0.717, 1.165) is 0 Å². The van der Waals surface area contributed by atoms with Crippen LogP contribution in [0.3, 0.4) is 0 Å². The van der Waals surface area contributed by atoms with Crippen LogP contribution in [0.1, 0.15) is 5.56 Å². The summed E-state index contributed by atoms with van der Waals surface area (Å²) in [4.78, 5) is 8.18. The summed E-state index contributed by atoms with van der Waals surface area (Å²) in [7, 11) is 2.38. The van der Waals surface area contributed by atoms with Gasteiger partial charge in [-0.2, -0.15) is 0 Å². The minimum atomic E-state index is -1.86. The highest BCUT2D eigenvalue weighted by Gasteiger charge is 2.40. The van der Waals surface area contributed by atoms with E-state index in [0.29, 0.717) is 10.9 Å². The van der Waals surface area contributed by atoms with Crippen LogP contribution in [0.15, 0.2) is 28.2 Å². The average Bonchev–Trinajstić information content (AvgIpc) is 2.36. The maximum Gasteiger partial charge on any atom is 0.247 e. The predicted octanol–water partition coefficient (Wildman–Crippen LogP) is 4.14. The molecule has 11 heteroatoms. The molecule has 2 unspecified atom stereocenters. The summed E-state index contributed by atoms with van der Waals surface area (Å²) in [5.41, 5.74) is 0.535. The smallest absolute Gasteiger partial charge is 0.247 e. The summed E-state index contributed by atoms with van der Waals surface area (Å²) < 4.78 is 9.52. The molecule has 2 atom stereocenters. The molecule has 0 amide bonds. The third kappa shape index (κ3) is 4.51. The summed E-state index contributed by atoms with van der Waals surface area (Å²) in [6, 6.07) is 4.06. The van der Waals surface area contributed by atoms with Crippen molar-refractivity contribution in [2.45, 2.75) is 13.8 Å². The van der Waals surface area contributed by atoms with Crippen molar-refractivity contribution in [2.24, 2.45) is 9.98 Å². The zero-order chi connectivity index (χ0) is 16.7. The first-order valence-electron chi connectivity index (χ1n) is 5.60. The molecule has 0 aliphatic carbocycles. The highest BCUT2D eigenvalue weighted by Crippen LogP contribution is 2.37. The second kappa shape index (κ2) is 6.76. The van der Waals surface area contributed by atoms with Crippen molar-refractivity contribution >= 4 is 95.8 Å². The largest absolute Gasteiger partial charge is 0.325 e. The number of amidine groups is 2. The summed E-state index contributed by atoms with van der Waals surface area (Å²) in [5.74, 6) is -0.205. The lowest BCUT2D eigenvalue weighted by Crippen LogP contribution is -2.46.